The molecule has 0 bridgehead atoms. The lowest BCUT2D eigenvalue weighted by Gasteiger charge is -2.03. The second kappa shape index (κ2) is 5.73. The molecule has 0 aliphatic heterocycles. The van der Waals surface area contributed by atoms with Gasteiger partial charge in [0.2, 0.25) is 0 Å². The molecule has 3 N–H and O–H groups in total. The van der Waals surface area contributed by atoms with Gasteiger partial charge in [0.1, 0.15) is 5.69 Å². The molecule has 4 rings (SSSR count). The first-order valence-corrected chi connectivity index (χ1v) is 7.65. The first-order chi connectivity index (χ1) is 11.7. The van der Waals surface area contributed by atoms with Gasteiger partial charge in [0.25, 0.3) is 5.91 Å². The fourth-order valence-corrected chi connectivity index (χ4v) is 2.71. The smallest absolute Gasteiger partial charge is 0.272 e. The molecule has 6 nitrogen and oxygen atoms in total. The first kappa shape index (κ1) is 14.3. The second-order valence-corrected chi connectivity index (χ2v) is 5.70. The molecule has 3 aromatic heterocycles. The molecule has 0 radical (unpaired) electrons. The number of furan rings is 1. The zero-order chi connectivity index (χ0) is 16.5. The maximum absolute atomic E-state index is 12.2. The highest BCUT2D eigenvalue weighted by Crippen LogP contribution is 2.18. The Morgan fingerprint density at radius 2 is 2.17 bits per heavy atom. The lowest BCUT2D eigenvalue weighted by atomic mass is 10.1. The van der Waals surface area contributed by atoms with Crippen LogP contribution in [-0.4, -0.2) is 21.1 Å². The van der Waals surface area contributed by atoms with Gasteiger partial charge >= 0.3 is 0 Å². The molecule has 3 heterocycles. The largest absolute Gasteiger partial charge is 0.463 e. The fourth-order valence-electron chi connectivity index (χ4n) is 2.71. The van der Waals surface area contributed by atoms with Crippen molar-refractivity contribution in [1.82, 2.24) is 20.5 Å². The third-order valence-corrected chi connectivity index (χ3v) is 3.87. The standard InChI is InChI=1S/C18H16N4O2/c1-11-7-13-8-12(4-5-14(13)20-11)10-19-18(23)16-9-15(21-22-16)17-3-2-6-24-17/h2-9,20H,10H2,1H3,(H,19,23)(H,21,22). The van der Waals surface area contributed by atoms with Crippen LogP contribution in [0.5, 0.6) is 0 Å². The number of H-pyrrole nitrogens is 2. The first-order valence-electron chi connectivity index (χ1n) is 7.65. The molecule has 0 aliphatic rings. The van der Waals surface area contributed by atoms with Gasteiger partial charge in [0.15, 0.2) is 11.5 Å². The average Bonchev–Trinajstić information content (AvgIpc) is 3.30. The van der Waals surface area contributed by atoms with Crippen molar-refractivity contribution < 1.29 is 9.21 Å². The molecule has 0 fully saturated rings. The summed E-state index contributed by atoms with van der Waals surface area (Å²) in [5, 5.41) is 10.9. The van der Waals surface area contributed by atoms with Crippen LogP contribution in [0.3, 0.4) is 0 Å². The zero-order valence-electron chi connectivity index (χ0n) is 13.1. The van der Waals surface area contributed by atoms with E-state index in [1.165, 1.54) is 0 Å². The van der Waals surface area contributed by atoms with Crippen LogP contribution in [0.25, 0.3) is 22.4 Å². The number of carbonyl (C=O) groups excluding carboxylic acids is 1. The van der Waals surface area contributed by atoms with E-state index in [1.807, 2.05) is 25.1 Å². The number of aryl methyl sites for hydroxylation is 1. The summed E-state index contributed by atoms with van der Waals surface area (Å²) in [6.07, 6.45) is 1.58. The SMILES string of the molecule is Cc1cc2cc(CNC(=O)c3cc(-c4ccco4)[nH]n3)ccc2[nH]1. The lowest BCUT2D eigenvalue weighted by molar-refractivity contribution is 0.0946. The molecule has 6 heteroatoms. The number of aromatic amines is 2. The van der Waals surface area contributed by atoms with Crippen LogP contribution in [-0.2, 0) is 6.54 Å². The number of hydrogen-bond acceptors (Lipinski definition) is 3. The summed E-state index contributed by atoms with van der Waals surface area (Å²) >= 11 is 0. The molecule has 0 unspecified atom stereocenters. The minimum atomic E-state index is -0.227. The van der Waals surface area contributed by atoms with Gasteiger partial charge in [-0.2, -0.15) is 5.10 Å². The van der Waals surface area contributed by atoms with Gasteiger partial charge in [0.05, 0.1) is 6.26 Å². The maximum atomic E-state index is 12.2. The minimum absolute atomic E-state index is 0.227. The number of amides is 1. The van der Waals surface area contributed by atoms with E-state index < -0.39 is 0 Å². The molecule has 0 spiro atoms. The molecule has 1 amide bonds. The number of fused-ring (bicyclic) bond motifs is 1. The quantitative estimate of drug-likeness (QED) is 0.538. The Bertz CT molecular complexity index is 995. The molecule has 0 aliphatic carbocycles. The van der Waals surface area contributed by atoms with Crippen molar-refractivity contribution in [1.29, 1.82) is 0 Å². The number of nitrogens with one attached hydrogen (secondary N) is 3. The van der Waals surface area contributed by atoms with Crippen molar-refractivity contribution in [2.75, 3.05) is 0 Å². The summed E-state index contributed by atoms with van der Waals surface area (Å²) in [6, 6.07) is 13.4. The summed E-state index contributed by atoms with van der Waals surface area (Å²) in [4.78, 5) is 15.5. The van der Waals surface area contributed by atoms with Crippen molar-refractivity contribution in [2.24, 2.45) is 0 Å². The molecule has 4 aromatic rings. The van der Waals surface area contributed by atoms with Gasteiger partial charge in [-0.25, -0.2) is 0 Å². The monoisotopic (exact) mass is 320 g/mol. The van der Waals surface area contributed by atoms with Crippen LogP contribution in [0.4, 0.5) is 0 Å². The number of nitrogens with zero attached hydrogens (tertiary/aromatic N) is 1. The Kier molecular flexibility index (Phi) is 3.42. The summed E-state index contributed by atoms with van der Waals surface area (Å²) in [5.41, 5.74) is 4.26. The van der Waals surface area contributed by atoms with Crippen molar-refractivity contribution in [3.05, 3.63) is 65.7 Å². The Hall–Kier alpha value is -3.28. The van der Waals surface area contributed by atoms with Crippen molar-refractivity contribution in [3.8, 4) is 11.5 Å². The second-order valence-electron chi connectivity index (χ2n) is 5.70. The van der Waals surface area contributed by atoms with Gasteiger partial charge in [-0.3, -0.25) is 9.89 Å². The normalized spacial score (nSPS) is 11.0. The van der Waals surface area contributed by atoms with E-state index in [0.717, 1.165) is 22.2 Å². The number of carbonyl (C=O) groups is 1. The summed E-state index contributed by atoms with van der Waals surface area (Å²) in [7, 11) is 0. The zero-order valence-corrected chi connectivity index (χ0v) is 13.1. The van der Waals surface area contributed by atoms with Crippen molar-refractivity contribution >= 4 is 16.8 Å². The number of aromatic nitrogens is 3. The highest BCUT2D eigenvalue weighted by atomic mass is 16.3. The van der Waals surface area contributed by atoms with Crippen LogP contribution in [0.1, 0.15) is 21.7 Å². The molecule has 1 aromatic carbocycles. The molecule has 0 saturated carbocycles. The van der Waals surface area contributed by atoms with Crippen LogP contribution >= 0.6 is 0 Å². The summed E-state index contributed by atoms with van der Waals surface area (Å²) in [5.74, 6) is 0.421. The summed E-state index contributed by atoms with van der Waals surface area (Å²) < 4.78 is 5.28. The van der Waals surface area contributed by atoms with Gasteiger partial charge in [-0.15, -0.1) is 0 Å². The van der Waals surface area contributed by atoms with Gasteiger partial charge in [0, 0.05) is 23.8 Å². The van der Waals surface area contributed by atoms with E-state index in [1.54, 1.807) is 18.4 Å². The summed E-state index contributed by atoms with van der Waals surface area (Å²) in [6.45, 7) is 2.47. The van der Waals surface area contributed by atoms with E-state index in [9.17, 15) is 4.79 Å². The third-order valence-electron chi connectivity index (χ3n) is 3.87. The molecule has 0 saturated heterocycles. The Labute approximate surface area is 137 Å². The fraction of sp³-hybridized carbons (Fsp3) is 0.111. The molecular weight excluding hydrogens is 304 g/mol. The van der Waals surface area contributed by atoms with E-state index in [-0.39, 0.29) is 5.91 Å². The topological polar surface area (TPSA) is 86.7 Å². The van der Waals surface area contributed by atoms with Gasteiger partial charge in [-0.05, 0) is 48.2 Å². The Balaban J connectivity index is 1.45. The van der Waals surface area contributed by atoms with E-state index >= 15 is 0 Å². The number of hydrogen-bond donors (Lipinski definition) is 3. The van der Waals surface area contributed by atoms with Crippen molar-refractivity contribution in [2.45, 2.75) is 13.5 Å². The van der Waals surface area contributed by atoms with Crippen molar-refractivity contribution in [3.63, 3.8) is 0 Å². The van der Waals surface area contributed by atoms with Gasteiger partial charge < -0.3 is 14.7 Å². The van der Waals surface area contributed by atoms with Crippen LogP contribution in [0.15, 0.2) is 53.1 Å². The highest BCUT2D eigenvalue weighted by Gasteiger charge is 2.12. The van der Waals surface area contributed by atoms with E-state index in [0.29, 0.717) is 23.7 Å². The third kappa shape index (κ3) is 2.69. The number of rotatable bonds is 4. The average molecular weight is 320 g/mol. The molecule has 0 atom stereocenters. The molecule has 120 valence electrons. The molecule has 24 heavy (non-hydrogen) atoms. The highest BCUT2D eigenvalue weighted by molar-refractivity contribution is 5.93. The maximum Gasteiger partial charge on any atom is 0.272 e. The minimum Gasteiger partial charge on any atom is -0.463 e. The van der Waals surface area contributed by atoms with Crippen LogP contribution in [0, 0.1) is 6.92 Å². The predicted molar refractivity (Wildman–Crippen MR) is 90.5 cm³/mol. The van der Waals surface area contributed by atoms with E-state index in [4.69, 9.17) is 4.42 Å². The van der Waals surface area contributed by atoms with Gasteiger partial charge in [-0.1, -0.05) is 6.07 Å². The number of benzene rings is 1. The van der Waals surface area contributed by atoms with Crippen LogP contribution in [0.2, 0.25) is 0 Å². The Morgan fingerprint density at radius 1 is 1.25 bits per heavy atom. The Morgan fingerprint density at radius 3 is 3.00 bits per heavy atom. The van der Waals surface area contributed by atoms with Crippen LogP contribution < -0.4 is 5.32 Å². The lowest BCUT2D eigenvalue weighted by Crippen LogP contribution is -2.23. The predicted octanol–water partition coefficient (Wildman–Crippen LogP) is 3.39. The molecular formula is C18H16N4O2. The van der Waals surface area contributed by atoms with E-state index in [2.05, 4.69) is 32.6 Å².